The first kappa shape index (κ1) is 19.2. The summed E-state index contributed by atoms with van der Waals surface area (Å²) in [6.07, 6.45) is 4.87. The molecule has 0 radical (unpaired) electrons. The molecule has 0 unspecified atom stereocenters. The number of hydrogen-bond donors (Lipinski definition) is 1. The largest absolute Gasteiger partial charge is 0.348 e. The lowest BCUT2D eigenvalue weighted by atomic mass is 10.1. The van der Waals surface area contributed by atoms with Gasteiger partial charge in [0.2, 0.25) is 0 Å². The number of carbonyl (C=O) groups is 2. The molecule has 0 fully saturated rings. The number of nitrogens with one attached hydrogen (secondary N) is 1. The second-order valence-electron chi connectivity index (χ2n) is 6.28. The lowest BCUT2D eigenvalue weighted by Gasteiger charge is -2.20. The molecule has 6 nitrogen and oxygen atoms in total. The molecule has 0 spiro atoms. The van der Waals surface area contributed by atoms with Crippen molar-refractivity contribution in [3.05, 3.63) is 95.6 Å². The van der Waals surface area contributed by atoms with E-state index in [1.54, 1.807) is 23.4 Å². The van der Waals surface area contributed by atoms with Crippen LogP contribution in [0.5, 0.6) is 0 Å². The van der Waals surface area contributed by atoms with Crippen LogP contribution in [-0.4, -0.2) is 33.2 Å². The van der Waals surface area contributed by atoms with E-state index in [0.29, 0.717) is 25.2 Å². The number of amides is 2. The molecular weight excluding hydrogens is 352 g/mol. The van der Waals surface area contributed by atoms with Crippen molar-refractivity contribution in [1.29, 1.82) is 0 Å². The van der Waals surface area contributed by atoms with Crippen molar-refractivity contribution in [2.24, 2.45) is 0 Å². The second kappa shape index (κ2) is 9.41. The van der Waals surface area contributed by atoms with Gasteiger partial charge in [-0.15, -0.1) is 0 Å². The molecule has 2 heterocycles. The van der Waals surface area contributed by atoms with Crippen molar-refractivity contribution < 1.29 is 9.59 Å². The maximum absolute atomic E-state index is 12.9. The average Bonchev–Trinajstić information content (AvgIpc) is 2.77. The highest BCUT2D eigenvalue weighted by atomic mass is 16.2. The molecule has 0 atom stereocenters. The van der Waals surface area contributed by atoms with Crippen LogP contribution in [0.4, 0.5) is 0 Å². The fourth-order valence-corrected chi connectivity index (χ4v) is 2.77. The van der Waals surface area contributed by atoms with E-state index in [2.05, 4.69) is 15.3 Å². The van der Waals surface area contributed by atoms with Crippen LogP contribution in [0.25, 0.3) is 0 Å². The number of pyridine rings is 2. The van der Waals surface area contributed by atoms with Gasteiger partial charge >= 0.3 is 0 Å². The summed E-state index contributed by atoms with van der Waals surface area (Å²) in [6.45, 7) is 3.33. The highest BCUT2D eigenvalue weighted by Crippen LogP contribution is 2.10. The van der Waals surface area contributed by atoms with Gasteiger partial charge in [0.15, 0.2) is 0 Å². The average molecular weight is 374 g/mol. The molecule has 28 heavy (non-hydrogen) atoms. The van der Waals surface area contributed by atoms with Crippen LogP contribution >= 0.6 is 0 Å². The molecule has 0 aliphatic heterocycles. The third-order valence-corrected chi connectivity index (χ3v) is 4.30. The summed E-state index contributed by atoms with van der Waals surface area (Å²) in [4.78, 5) is 35.2. The maximum atomic E-state index is 12.9. The Morgan fingerprint density at radius 3 is 2.50 bits per heavy atom. The Balaban J connectivity index is 1.68. The number of rotatable bonds is 7. The third kappa shape index (κ3) is 5.01. The number of aromatic nitrogens is 2. The van der Waals surface area contributed by atoms with Crippen LogP contribution in [0.2, 0.25) is 0 Å². The van der Waals surface area contributed by atoms with Crippen LogP contribution in [0.1, 0.15) is 38.9 Å². The number of nitrogens with zero attached hydrogens (tertiary/aromatic N) is 3. The molecule has 0 bridgehead atoms. The molecule has 0 saturated carbocycles. The zero-order valence-electron chi connectivity index (χ0n) is 15.7. The molecule has 3 aromatic rings. The molecule has 1 aromatic carbocycles. The second-order valence-corrected chi connectivity index (χ2v) is 6.28. The highest BCUT2D eigenvalue weighted by Gasteiger charge is 2.17. The van der Waals surface area contributed by atoms with E-state index in [4.69, 9.17) is 0 Å². The quantitative estimate of drug-likeness (QED) is 0.690. The fraction of sp³-hybridized carbons (Fsp3) is 0.182. The lowest BCUT2D eigenvalue weighted by Crippen LogP contribution is -2.31. The van der Waals surface area contributed by atoms with Crippen molar-refractivity contribution in [2.45, 2.75) is 20.0 Å². The molecule has 2 amide bonds. The van der Waals surface area contributed by atoms with Gasteiger partial charge < -0.3 is 10.2 Å². The van der Waals surface area contributed by atoms with Crippen molar-refractivity contribution in [1.82, 2.24) is 20.2 Å². The van der Waals surface area contributed by atoms with Gasteiger partial charge in [-0.3, -0.25) is 19.6 Å². The Morgan fingerprint density at radius 1 is 1.00 bits per heavy atom. The molecule has 142 valence electrons. The molecule has 2 aromatic heterocycles. The van der Waals surface area contributed by atoms with Gasteiger partial charge in [-0.05, 0) is 36.2 Å². The first-order valence-corrected chi connectivity index (χ1v) is 9.13. The summed E-state index contributed by atoms with van der Waals surface area (Å²) in [5, 5.41) is 2.83. The van der Waals surface area contributed by atoms with Crippen molar-refractivity contribution in [3.63, 3.8) is 0 Å². The van der Waals surface area contributed by atoms with E-state index in [-0.39, 0.29) is 17.5 Å². The lowest BCUT2D eigenvalue weighted by molar-refractivity contribution is 0.0746. The van der Waals surface area contributed by atoms with E-state index in [0.717, 1.165) is 11.1 Å². The van der Waals surface area contributed by atoms with Crippen LogP contribution in [0, 0.1) is 0 Å². The van der Waals surface area contributed by atoms with Gasteiger partial charge in [0.1, 0.15) is 5.69 Å². The van der Waals surface area contributed by atoms with E-state index in [1.165, 1.54) is 12.3 Å². The molecule has 0 saturated heterocycles. The predicted molar refractivity (Wildman–Crippen MR) is 107 cm³/mol. The Hall–Kier alpha value is -3.54. The standard InChI is InChI=1S/C22H22N4O2/c1-2-26(16-17-7-4-3-5-8-17)22(28)20-13-19(10-12-24-20)21(27)25-15-18-9-6-11-23-14-18/h3-14H,2,15-16H2,1H3,(H,25,27). The zero-order chi connectivity index (χ0) is 19.8. The topological polar surface area (TPSA) is 75.2 Å². The highest BCUT2D eigenvalue weighted by molar-refractivity contribution is 5.98. The van der Waals surface area contributed by atoms with Crippen LogP contribution in [0.15, 0.2) is 73.2 Å². The predicted octanol–water partition coefficient (Wildman–Crippen LogP) is 3.07. The van der Waals surface area contributed by atoms with Crippen molar-refractivity contribution in [3.8, 4) is 0 Å². The molecule has 1 N–H and O–H groups in total. The van der Waals surface area contributed by atoms with Gasteiger partial charge in [0, 0.05) is 43.8 Å². The third-order valence-electron chi connectivity index (χ3n) is 4.30. The Bertz CT molecular complexity index is 930. The van der Waals surface area contributed by atoms with Gasteiger partial charge in [-0.1, -0.05) is 36.4 Å². The number of benzene rings is 1. The Kier molecular flexibility index (Phi) is 6.46. The monoisotopic (exact) mass is 374 g/mol. The maximum Gasteiger partial charge on any atom is 0.272 e. The van der Waals surface area contributed by atoms with Crippen LogP contribution in [0.3, 0.4) is 0 Å². The molecule has 0 aliphatic rings. The summed E-state index contributed by atoms with van der Waals surface area (Å²) in [5.74, 6) is -0.459. The van der Waals surface area contributed by atoms with E-state index >= 15 is 0 Å². The minimum atomic E-state index is -0.258. The number of hydrogen-bond acceptors (Lipinski definition) is 4. The molecular formula is C22H22N4O2. The molecule has 3 rings (SSSR count). The summed E-state index contributed by atoms with van der Waals surface area (Å²) >= 11 is 0. The minimum Gasteiger partial charge on any atom is -0.348 e. The SMILES string of the molecule is CCN(Cc1ccccc1)C(=O)c1cc(C(=O)NCc2cccnc2)ccn1. The van der Waals surface area contributed by atoms with Gasteiger partial charge in [-0.2, -0.15) is 0 Å². The first-order valence-electron chi connectivity index (χ1n) is 9.13. The molecule has 0 aliphatic carbocycles. The summed E-state index contributed by atoms with van der Waals surface area (Å²) in [5.41, 5.74) is 2.61. The van der Waals surface area contributed by atoms with Crippen molar-refractivity contribution >= 4 is 11.8 Å². The molecule has 6 heteroatoms. The Labute approximate surface area is 164 Å². The number of carbonyl (C=O) groups excluding carboxylic acids is 2. The zero-order valence-corrected chi connectivity index (χ0v) is 15.7. The summed E-state index contributed by atoms with van der Waals surface area (Å²) < 4.78 is 0. The van der Waals surface area contributed by atoms with Gasteiger partial charge in [0.05, 0.1) is 0 Å². The van der Waals surface area contributed by atoms with Crippen LogP contribution < -0.4 is 5.32 Å². The first-order chi connectivity index (χ1) is 13.7. The fourth-order valence-electron chi connectivity index (χ4n) is 2.77. The van der Waals surface area contributed by atoms with E-state index in [9.17, 15) is 9.59 Å². The van der Waals surface area contributed by atoms with Gasteiger partial charge in [0.25, 0.3) is 11.8 Å². The minimum absolute atomic E-state index is 0.201. The summed E-state index contributed by atoms with van der Waals surface area (Å²) in [6, 6.07) is 16.6. The van der Waals surface area contributed by atoms with E-state index in [1.807, 2.05) is 49.4 Å². The van der Waals surface area contributed by atoms with Gasteiger partial charge in [-0.25, -0.2) is 0 Å². The summed E-state index contributed by atoms with van der Waals surface area (Å²) in [7, 11) is 0. The van der Waals surface area contributed by atoms with Crippen LogP contribution in [-0.2, 0) is 13.1 Å². The van der Waals surface area contributed by atoms with Crippen molar-refractivity contribution in [2.75, 3.05) is 6.54 Å². The Morgan fingerprint density at radius 2 is 1.79 bits per heavy atom. The normalized spacial score (nSPS) is 10.3. The smallest absolute Gasteiger partial charge is 0.272 e. The van der Waals surface area contributed by atoms with E-state index < -0.39 is 0 Å².